The van der Waals surface area contributed by atoms with E-state index < -0.39 is 47.6 Å². The van der Waals surface area contributed by atoms with Crippen LogP contribution >= 0.6 is 7.82 Å². The van der Waals surface area contributed by atoms with Crippen LogP contribution in [0.5, 0.6) is 5.75 Å². The summed E-state index contributed by atoms with van der Waals surface area (Å²) in [6, 6.07) is 6.69. The van der Waals surface area contributed by atoms with Crippen molar-refractivity contribution < 1.29 is 61.2 Å². The second kappa shape index (κ2) is 21.3. The summed E-state index contributed by atoms with van der Waals surface area (Å²) in [5.74, 6) is -3.63. The van der Waals surface area contributed by atoms with Crippen LogP contribution in [-0.4, -0.2) is 161 Å². The highest BCUT2D eigenvalue weighted by Gasteiger charge is 2.29. The Morgan fingerprint density at radius 3 is 1.77 bits per heavy atom. The molecule has 19 heteroatoms. The quantitative estimate of drug-likeness (QED) is 0.0824. The van der Waals surface area contributed by atoms with Gasteiger partial charge in [-0.15, -0.1) is 0 Å². The van der Waals surface area contributed by atoms with Crippen molar-refractivity contribution in [3.8, 4) is 16.9 Å². The molecule has 0 aromatic heterocycles. The molecule has 1 aliphatic heterocycles. The molecule has 17 nitrogen and oxygen atoms in total. The predicted octanol–water partition coefficient (Wildman–Crippen LogP) is 3.29. The number of rotatable bonds is 18. The van der Waals surface area contributed by atoms with E-state index in [0.717, 1.165) is 33.4 Å². The lowest BCUT2D eigenvalue weighted by Crippen LogP contribution is -2.51. The molecule has 3 rings (SSSR count). The lowest BCUT2D eigenvalue weighted by molar-refractivity contribution is -0.145. The molecule has 314 valence electrons. The van der Waals surface area contributed by atoms with E-state index in [4.69, 9.17) is 13.6 Å². The molecule has 1 aliphatic rings. The molecule has 1 heterocycles. The van der Waals surface area contributed by atoms with Crippen LogP contribution < -0.4 is 4.52 Å². The SMILES string of the molecule is Cc1cc(C)c(-c2cc(C)c(OP(=O)(O)OCCC[C@H](C(=O)O)N3CCN(CC(=O)O)CCN(CCCS(=O)(=O)O)CCN(CC(=O)O)CC3)cc2C)c(C)c1. The molecule has 1 saturated heterocycles. The van der Waals surface area contributed by atoms with Gasteiger partial charge in [-0.25, -0.2) is 4.57 Å². The summed E-state index contributed by atoms with van der Waals surface area (Å²) in [5.41, 5.74) is 6.90. The van der Waals surface area contributed by atoms with Crippen LogP contribution in [-0.2, 0) is 33.6 Å². The predicted molar refractivity (Wildman–Crippen MR) is 210 cm³/mol. The third-order valence-corrected chi connectivity index (χ3v) is 11.5. The summed E-state index contributed by atoms with van der Waals surface area (Å²) in [6.07, 6.45) is 0.171. The smallest absolute Gasteiger partial charge is 0.480 e. The summed E-state index contributed by atoms with van der Waals surface area (Å²) in [5, 5.41) is 29.4. The van der Waals surface area contributed by atoms with Crippen LogP contribution in [0.25, 0.3) is 11.1 Å². The molecule has 56 heavy (non-hydrogen) atoms. The van der Waals surface area contributed by atoms with Crippen LogP contribution in [0, 0.1) is 34.6 Å². The first-order valence-electron chi connectivity index (χ1n) is 18.5. The minimum Gasteiger partial charge on any atom is -0.480 e. The molecule has 2 atom stereocenters. The lowest BCUT2D eigenvalue weighted by atomic mass is 9.90. The van der Waals surface area contributed by atoms with Gasteiger partial charge < -0.3 is 24.7 Å². The molecule has 5 N–H and O–H groups in total. The van der Waals surface area contributed by atoms with E-state index in [9.17, 15) is 47.6 Å². The van der Waals surface area contributed by atoms with Gasteiger partial charge in [-0.2, -0.15) is 8.42 Å². The van der Waals surface area contributed by atoms with Gasteiger partial charge in [-0.3, -0.25) is 43.1 Å². The van der Waals surface area contributed by atoms with Gasteiger partial charge in [0.1, 0.15) is 11.8 Å². The van der Waals surface area contributed by atoms with E-state index in [1.807, 2.05) is 38.7 Å². The number of aryl methyl sites for hydroxylation is 5. The molecule has 0 radical (unpaired) electrons. The number of carbonyl (C=O) groups is 3. The Balaban J connectivity index is 1.70. The molecule has 0 spiro atoms. The second-order valence-electron chi connectivity index (χ2n) is 14.5. The second-order valence-corrected chi connectivity index (χ2v) is 17.4. The first kappa shape index (κ1) is 46.9. The van der Waals surface area contributed by atoms with Crippen molar-refractivity contribution in [2.75, 3.05) is 84.4 Å². The van der Waals surface area contributed by atoms with Crippen molar-refractivity contribution in [1.82, 2.24) is 19.6 Å². The lowest BCUT2D eigenvalue weighted by Gasteiger charge is -2.35. The zero-order valence-corrected chi connectivity index (χ0v) is 34.6. The Morgan fingerprint density at radius 2 is 1.27 bits per heavy atom. The van der Waals surface area contributed by atoms with Gasteiger partial charge in [-0.05, 0) is 106 Å². The van der Waals surface area contributed by atoms with E-state index in [1.165, 1.54) is 0 Å². The monoisotopic (exact) mass is 828 g/mol. The molecule has 2 aromatic rings. The molecule has 0 bridgehead atoms. The summed E-state index contributed by atoms with van der Waals surface area (Å²) in [4.78, 5) is 53.4. The maximum Gasteiger partial charge on any atom is 0.527 e. The minimum absolute atomic E-state index is 0.00315. The number of phosphoric acid groups is 1. The fourth-order valence-electron chi connectivity index (χ4n) is 7.09. The highest BCUT2D eigenvalue weighted by Crippen LogP contribution is 2.46. The normalized spacial score (nSPS) is 17.7. The average molecular weight is 829 g/mol. The fourth-order valence-corrected chi connectivity index (χ4v) is 8.44. The Labute approximate surface area is 329 Å². The maximum absolute atomic E-state index is 13.1. The molecule has 0 saturated carbocycles. The first-order chi connectivity index (χ1) is 26.1. The Bertz CT molecular complexity index is 1790. The highest BCUT2D eigenvalue weighted by molar-refractivity contribution is 7.85. The van der Waals surface area contributed by atoms with E-state index in [1.54, 1.807) is 27.7 Å². The largest absolute Gasteiger partial charge is 0.527 e. The molecule has 1 fully saturated rings. The van der Waals surface area contributed by atoms with E-state index in [2.05, 4.69) is 12.1 Å². The number of nitrogens with zero attached hydrogens (tertiary/aromatic N) is 4. The molecular weight excluding hydrogens is 771 g/mol. The minimum atomic E-state index is -4.62. The number of hydrogen-bond donors (Lipinski definition) is 5. The third-order valence-electron chi connectivity index (χ3n) is 9.75. The summed E-state index contributed by atoms with van der Waals surface area (Å²) < 4.78 is 55.5. The molecule has 1 unspecified atom stereocenters. The highest BCUT2D eigenvalue weighted by atomic mass is 32.2. The zero-order chi connectivity index (χ0) is 41.8. The summed E-state index contributed by atoms with van der Waals surface area (Å²) >= 11 is 0. The van der Waals surface area contributed by atoms with Gasteiger partial charge in [0.25, 0.3) is 10.1 Å². The van der Waals surface area contributed by atoms with E-state index in [-0.39, 0.29) is 90.5 Å². The van der Waals surface area contributed by atoms with Gasteiger partial charge in [0.2, 0.25) is 0 Å². The van der Waals surface area contributed by atoms with Crippen LogP contribution in [0.15, 0.2) is 24.3 Å². The van der Waals surface area contributed by atoms with Crippen molar-refractivity contribution in [2.24, 2.45) is 0 Å². The van der Waals surface area contributed by atoms with E-state index >= 15 is 0 Å². The zero-order valence-electron chi connectivity index (χ0n) is 32.8. The van der Waals surface area contributed by atoms with Gasteiger partial charge >= 0.3 is 25.7 Å². The number of carboxylic acids is 3. The molecule has 0 amide bonds. The Hall–Kier alpha value is -3.45. The summed E-state index contributed by atoms with van der Waals surface area (Å²) in [6.45, 7) is 10.8. The standard InChI is InChI=1S/C37H57N4O13PS/c1-26-20-29(4)36(30(5)21-26)31-22-28(3)33(23-27(31)2)54-55(48,49)53-18-6-8-32(37(46)47)41-16-14-39(24-34(42)43)12-10-38(9-7-19-56(50,51)52)11-13-40(15-17-41)25-35(44)45/h20-23,32H,6-19,24-25H2,1-5H3,(H,42,43)(H,44,45)(H,46,47)(H,48,49)(H,50,51,52)/t32-/m1/s1. The number of carboxylic acid groups (broad SMARTS) is 3. The number of hydrogen-bond acceptors (Lipinski definition) is 12. The van der Waals surface area contributed by atoms with Gasteiger partial charge in [0, 0.05) is 52.4 Å². The molecule has 0 aliphatic carbocycles. The Kier molecular flexibility index (Phi) is 17.9. The van der Waals surface area contributed by atoms with Crippen LogP contribution in [0.3, 0.4) is 0 Å². The first-order valence-corrected chi connectivity index (χ1v) is 21.6. The van der Waals surface area contributed by atoms with E-state index in [0.29, 0.717) is 18.7 Å². The summed E-state index contributed by atoms with van der Waals surface area (Å²) in [7, 11) is -8.80. The Morgan fingerprint density at radius 1 is 0.750 bits per heavy atom. The van der Waals surface area contributed by atoms with Crippen molar-refractivity contribution in [3.63, 3.8) is 0 Å². The number of benzene rings is 2. The molecule has 2 aromatic carbocycles. The van der Waals surface area contributed by atoms with Crippen LogP contribution in [0.4, 0.5) is 0 Å². The van der Waals surface area contributed by atoms with Crippen molar-refractivity contribution in [1.29, 1.82) is 0 Å². The van der Waals surface area contributed by atoms with Crippen molar-refractivity contribution in [2.45, 2.75) is 59.9 Å². The van der Waals surface area contributed by atoms with Crippen LogP contribution in [0.1, 0.15) is 47.1 Å². The molecular formula is C37H57N4O13PS. The van der Waals surface area contributed by atoms with Gasteiger partial charge in [0.05, 0.1) is 25.4 Å². The van der Waals surface area contributed by atoms with Crippen molar-refractivity contribution in [3.05, 3.63) is 52.1 Å². The van der Waals surface area contributed by atoms with Crippen LogP contribution in [0.2, 0.25) is 0 Å². The average Bonchev–Trinajstić information content (AvgIpc) is 3.05. The van der Waals surface area contributed by atoms with Crippen molar-refractivity contribution >= 4 is 35.8 Å². The van der Waals surface area contributed by atoms with Gasteiger partial charge in [-0.1, -0.05) is 17.7 Å². The maximum atomic E-state index is 13.1. The number of aliphatic carboxylic acids is 3. The van der Waals surface area contributed by atoms with Gasteiger partial charge in [0.15, 0.2) is 0 Å². The third kappa shape index (κ3) is 15.8. The fraction of sp³-hybridized carbons (Fsp3) is 0.595. The topological polar surface area (TPSA) is 235 Å². The number of phosphoric ester groups is 1.